The molecule has 0 aromatic heterocycles. The minimum Gasteiger partial charge on any atom is -0.480 e. The molecule has 6 heteroatoms. The van der Waals surface area contributed by atoms with Gasteiger partial charge in [-0.25, -0.2) is 4.79 Å². The molecule has 1 rings (SSSR count). The molecule has 1 aromatic rings. The zero-order valence-electron chi connectivity index (χ0n) is 9.70. The lowest BCUT2D eigenvalue weighted by Crippen LogP contribution is -2.50. The van der Waals surface area contributed by atoms with Crippen molar-refractivity contribution in [3.8, 4) is 0 Å². The maximum Gasteiger partial charge on any atom is 0.327 e. The quantitative estimate of drug-likeness (QED) is 0.692. The van der Waals surface area contributed by atoms with Crippen molar-refractivity contribution < 1.29 is 14.7 Å². The van der Waals surface area contributed by atoms with Crippen LogP contribution in [0.2, 0.25) is 0 Å². The number of carbonyl (C=O) groups excluding carboxylic acids is 1. The molecule has 0 bridgehead atoms. The third-order valence-corrected chi connectivity index (χ3v) is 2.75. The first-order valence-corrected chi connectivity index (χ1v) is 6.03. The number of benzene rings is 1. The lowest BCUT2D eigenvalue weighted by Gasteiger charge is -2.16. The van der Waals surface area contributed by atoms with Gasteiger partial charge in [0.1, 0.15) is 6.04 Å². The van der Waals surface area contributed by atoms with Crippen LogP contribution in [-0.2, 0) is 16.0 Å². The van der Waals surface area contributed by atoms with Crippen LogP contribution in [0.3, 0.4) is 0 Å². The summed E-state index contributed by atoms with van der Waals surface area (Å²) in [6, 6.07) is 7.44. The zero-order valence-corrected chi connectivity index (χ0v) is 10.5. The van der Waals surface area contributed by atoms with Gasteiger partial charge in [-0.05, 0) is 12.0 Å². The summed E-state index contributed by atoms with van der Waals surface area (Å²) < 4.78 is 0. The first kappa shape index (κ1) is 14.5. The number of aliphatic carboxylic acids is 1. The summed E-state index contributed by atoms with van der Waals surface area (Å²) in [6.07, 6.45) is 0.358. The van der Waals surface area contributed by atoms with Crippen molar-refractivity contribution >= 4 is 24.5 Å². The van der Waals surface area contributed by atoms with E-state index < -0.39 is 24.0 Å². The van der Waals surface area contributed by atoms with E-state index in [2.05, 4.69) is 17.9 Å². The lowest BCUT2D eigenvalue weighted by atomic mass is 10.1. The number of carboxylic acid groups (broad SMARTS) is 1. The molecule has 4 N–H and O–H groups in total. The molecule has 0 saturated heterocycles. The Kier molecular flexibility index (Phi) is 5.67. The lowest BCUT2D eigenvalue weighted by molar-refractivity contribution is -0.141. The molecule has 2 atom stereocenters. The highest BCUT2D eigenvalue weighted by Gasteiger charge is 2.22. The molecule has 0 heterocycles. The highest BCUT2D eigenvalue weighted by atomic mass is 32.1. The van der Waals surface area contributed by atoms with Crippen molar-refractivity contribution in [1.29, 1.82) is 0 Å². The van der Waals surface area contributed by atoms with Crippen LogP contribution in [0.25, 0.3) is 0 Å². The van der Waals surface area contributed by atoms with Crippen molar-refractivity contribution in [2.75, 3.05) is 5.75 Å². The molecule has 0 saturated carbocycles. The molecule has 1 amide bonds. The molecule has 1 radical (unpaired) electrons. The highest BCUT2D eigenvalue weighted by molar-refractivity contribution is 7.80. The summed E-state index contributed by atoms with van der Waals surface area (Å²) in [7, 11) is 0. The Morgan fingerprint density at radius 2 is 1.94 bits per heavy atom. The van der Waals surface area contributed by atoms with Crippen LogP contribution in [0, 0.1) is 0 Å². The van der Waals surface area contributed by atoms with Gasteiger partial charge in [0, 0.05) is 5.75 Å². The summed E-state index contributed by atoms with van der Waals surface area (Å²) in [5, 5.41) is 11.1. The normalized spacial score (nSPS) is 13.7. The molecular weight excluding hydrogens is 252 g/mol. The second-order valence-electron chi connectivity index (χ2n) is 3.86. The predicted octanol–water partition coefficient (Wildman–Crippen LogP) is 0.323. The summed E-state index contributed by atoms with van der Waals surface area (Å²) in [4.78, 5) is 22.4. The van der Waals surface area contributed by atoms with Crippen molar-refractivity contribution in [1.82, 2.24) is 5.32 Å². The van der Waals surface area contributed by atoms with Gasteiger partial charge < -0.3 is 16.2 Å². The third kappa shape index (κ3) is 4.38. The monoisotopic (exact) mass is 267 g/mol. The van der Waals surface area contributed by atoms with Gasteiger partial charge >= 0.3 is 5.97 Å². The van der Waals surface area contributed by atoms with Gasteiger partial charge in [-0.2, -0.15) is 0 Å². The van der Waals surface area contributed by atoms with Crippen LogP contribution in [0.5, 0.6) is 0 Å². The van der Waals surface area contributed by atoms with E-state index in [0.717, 1.165) is 5.56 Å². The van der Waals surface area contributed by atoms with E-state index in [1.165, 1.54) is 0 Å². The van der Waals surface area contributed by atoms with Gasteiger partial charge in [-0.1, -0.05) is 43.0 Å². The summed E-state index contributed by atoms with van der Waals surface area (Å²) in [5.41, 5.74) is 6.64. The van der Waals surface area contributed by atoms with Crippen molar-refractivity contribution in [3.05, 3.63) is 35.9 Å². The molecule has 5 nitrogen and oxygen atoms in total. The average molecular weight is 267 g/mol. The fourth-order valence-electron chi connectivity index (χ4n) is 1.41. The van der Waals surface area contributed by atoms with E-state index >= 15 is 0 Å². The summed E-state index contributed by atoms with van der Waals surface area (Å²) >= 11 is 4.65. The molecule has 97 valence electrons. The first-order valence-electron chi connectivity index (χ1n) is 5.45. The number of rotatable bonds is 6. The molecule has 0 aliphatic carbocycles. The number of carbonyl (C=O) groups is 2. The molecular formula is C12H15N2O3S. The summed E-state index contributed by atoms with van der Waals surface area (Å²) in [5.74, 6) is -1.74. The van der Waals surface area contributed by atoms with E-state index in [1.807, 2.05) is 30.3 Å². The zero-order chi connectivity index (χ0) is 13.5. The van der Waals surface area contributed by atoms with Gasteiger partial charge in [0.25, 0.3) is 0 Å². The standard InChI is InChI=1S/C12H15N2O3S/c13-9(6-8-4-2-1-3-5-8)11(15)14-10(7-18)12(16)17/h1-5,9-10H,6-7,13H2,(H,14,15)(H,16,17)/t9-,10-/m0/s1. The highest BCUT2D eigenvalue weighted by Crippen LogP contribution is 2.02. The van der Waals surface area contributed by atoms with Crippen LogP contribution < -0.4 is 11.1 Å². The SMILES string of the molecule is N[C@@H](Cc1ccccc1)C(=O)N[C@@H](C[S])C(=O)O. The van der Waals surface area contributed by atoms with Gasteiger partial charge in [0.15, 0.2) is 0 Å². The number of hydrogen-bond acceptors (Lipinski definition) is 3. The van der Waals surface area contributed by atoms with Crippen molar-refractivity contribution in [2.24, 2.45) is 5.73 Å². The number of hydrogen-bond donors (Lipinski definition) is 3. The smallest absolute Gasteiger partial charge is 0.327 e. The van der Waals surface area contributed by atoms with E-state index in [-0.39, 0.29) is 5.75 Å². The second kappa shape index (κ2) is 7.03. The van der Waals surface area contributed by atoms with Crippen molar-refractivity contribution in [3.63, 3.8) is 0 Å². The van der Waals surface area contributed by atoms with Gasteiger partial charge in [0.05, 0.1) is 6.04 Å². The first-order chi connectivity index (χ1) is 8.54. The van der Waals surface area contributed by atoms with E-state index in [1.54, 1.807) is 0 Å². The Labute approximate surface area is 111 Å². The van der Waals surface area contributed by atoms with Crippen LogP contribution in [0.15, 0.2) is 30.3 Å². The Hall–Kier alpha value is -1.53. The fraction of sp³-hybridized carbons (Fsp3) is 0.333. The Balaban J connectivity index is 2.54. The molecule has 0 aliphatic heterocycles. The Morgan fingerprint density at radius 3 is 2.44 bits per heavy atom. The van der Waals surface area contributed by atoms with Crippen LogP contribution in [-0.4, -0.2) is 34.8 Å². The Bertz CT molecular complexity index is 411. The Morgan fingerprint density at radius 1 is 1.33 bits per heavy atom. The minimum absolute atomic E-state index is 0.0842. The number of amides is 1. The average Bonchev–Trinajstić information content (AvgIpc) is 2.36. The number of carboxylic acids is 1. The largest absolute Gasteiger partial charge is 0.480 e. The molecule has 18 heavy (non-hydrogen) atoms. The minimum atomic E-state index is -1.15. The van der Waals surface area contributed by atoms with Crippen molar-refractivity contribution in [2.45, 2.75) is 18.5 Å². The van der Waals surface area contributed by atoms with E-state index in [4.69, 9.17) is 10.8 Å². The molecule has 1 aromatic carbocycles. The van der Waals surface area contributed by atoms with Crippen LogP contribution in [0.4, 0.5) is 0 Å². The van der Waals surface area contributed by atoms with Crippen LogP contribution in [0.1, 0.15) is 5.56 Å². The molecule has 0 aliphatic rings. The number of nitrogens with two attached hydrogens (primary N) is 1. The van der Waals surface area contributed by atoms with E-state index in [0.29, 0.717) is 6.42 Å². The molecule has 0 fully saturated rings. The van der Waals surface area contributed by atoms with Gasteiger partial charge in [-0.15, -0.1) is 0 Å². The second-order valence-corrected chi connectivity index (χ2v) is 4.20. The predicted molar refractivity (Wildman–Crippen MR) is 70.1 cm³/mol. The third-order valence-electron chi connectivity index (χ3n) is 2.42. The maximum absolute atomic E-state index is 11.7. The van der Waals surface area contributed by atoms with Gasteiger partial charge in [-0.3, -0.25) is 4.79 Å². The topological polar surface area (TPSA) is 92.4 Å². The fourth-order valence-corrected chi connectivity index (χ4v) is 1.64. The van der Waals surface area contributed by atoms with E-state index in [9.17, 15) is 9.59 Å². The maximum atomic E-state index is 11.7. The van der Waals surface area contributed by atoms with Gasteiger partial charge in [0.2, 0.25) is 5.91 Å². The molecule has 0 spiro atoms. The summed E-state index contributed by atoms with van der Waals surface area (Å²) in [6.45, 7) is 0. The molecule has 0 unspecified atom stereocenters. The van der Waals surface area contributed by atoms with Crippen LogP contribution >= 0.6 is 12.6 Å². The number of nitrogens with one attached hydrogen (secondary N) is 1.